The molecular formula is C20H16BrN3O4S. The van der Waals surface area contributed by atoms with E-state index in [9.17, 15) is 14.9 Å². The molecule has 0 unspecified atom stereocenters. The number of halogens is 1. The summed E-state index contributed by atoms with van der Waals surface area (Å²) < 4.78 is 6.44. The number of benzene rings is 2. The third-order valence-corrected chi connectivity index (χ3v) is 5.02. The van der Waals surface area contributed by atoms with Gasteiger partial charge in [-0.05, 0) is 31.2 Å². The fourth-order valence-electron chi connectivity index (χ4n) is 2.49. The highest BCUT2D eigenvalue weighted by molar-refractivity contribution is 9.10. The van der Waals surface area contributed by atoms with Crippen LogP contribution in [0.4, 0.5) is 10.8 Å². The number of amides is 1. The minimum absolute atomic E-state index is 0.0110. The maximum absolute atomic E-state index is 12.3. The minimum atomic E-state index is -0.457. The molecule has 148 valence electrons. The molecule has 0 saturated heterocycles. The largest absolute Gasteiger partial charge is 0.493 e. The highest BCUT2D eigenvalue weighted by atomic mass is 79.9. The monoisotopic (exact) mass is 473 g/mol. The highest BCUT2D eigenvalue weighted by Gasteiger charge is 2.11. The predicted octanol–water partition coefficient (Wildman–Crippen LogP) is 5.53. The fourth-order valence-corrected chi connectivity index (χ4v) is 3.59. The lowest BCUT2D eigenvalue weighted by molar-refractivity contribution is -0.384. The average molecular weight is 474 g/mol. The van der Waals surface area contributed by atoms with Gasteiger partial charge >= 0.3 is 0 Å². The third kappa shape index (κ3) is 5.49. The first-order valence-corrected chi connectivity index (χ1v) is 10.3. The number of hydrogen-bond acceptors (Lipinski definition) is 6. The highest BCUT2D eigenvalue weighted by Crippen LogP contribution is 2.28. The molecule has 0 saturated carbocycles. The Kier molecular flexibility index (Phi) is 6.73. The van der Waals surface area contributed by atoms with Gasteiger partial charge in [-0.3, -0.25) is 20.2 Å². The van der Waals surface area contributed by atoms with Gasteiger partial charge < -0.3 is 4.74 Å². The van der Waals surface area contributed by atoms with Crippen molar-refractivity contribution in [3.8, 4) is 17.0 Å². The van der Waals surface area contributed by atoms with Crippen molar-refractivity contribution >= 4 is 50.1 Å². The van der Waals surface area contributed by atoms with Gasteiger partial charge in [-0.1, -0.05) is 28.1 Å². The zero-order valence-electron chi connectivity index (χ0n) is 15.3. The number of thiazole rings is 1. The van der Waals surface area contributed by atoms with Crippen molar-refractivity contribution in [3.05, 3.63) is 74.1 Å². The first-order chi connectivity index (χ1) is 14.0. The topological polar surface area (TPSA) is 94.4 Å². The van der Waals surface area contributed by atoms with E-state index < -0.39 is 4.92 Å². The van der Waals surface area contributed by atoms with E-state index in [1.807, 2.05) is 25.1 Å². The maximum Gasteiger partial charge on any atom is 0.270 e. The number of carbonyl (C=O) groups excluding carboxylic acids is 1. The van der Waals surface area contributed by atoms with Crippen LogP contribution in [0.1, 0.15) is 12.5 Å². The van der Waals surface area contributed by atoms with Gasteiger partial charge in [0, 0.05) is 39.2 Å². The number of rotatable bonds is 7. The molecule has 0 spiro atoms. The maximum atomic E-state index is 12.3. The van der Waals surface area contributed by atoms with Crippen LogP contribution in [0.5, 0.6) is 5.75 Å². The lowest BCUT2D eigenvalue weighted by Crippen LogP contribution is -2.07. The van der Waals surface area contributed by atoms with E-state index in [-0.39, 0.29) is 11.6 Å². The summed E-state index contributed by atoms with van der Waals surface area (Å²) in [5.74, 6) is 0.342. The molecule has 29 heavy (non-hydrogen) atoms. The van der Waals surface area contributed by atoms with E-state index in [0.717, 1.165) is 10.0 Å². The third-order valence-electron chi connectivity index (χ3n) is 3.77. The number of non-ortho nitro benzene ring substituents is 1. The van der Waals surface area contributed by atoms with Crippen LogP contribution in [0.2, 0.25) is 0 Å². The molecule has 0 bridgehead atoms. The molecule has 3 aromatic rings. The zero-order valence-corrected chi connectivity index (χ0v) is 17.7. The Balaban J connectivity index is 1.71. The molecule has 1 N–H and O–H groups in total. The number of ether oxygens (including phenoxy) is 1. The number of hydrogen-bond donors (Lipinski definition) is 1. The van der Waals surface area contributed by atoms with Crippen molar-refractivity contribution in [2.24, 2.45) is 0 Å². The van der Waals surface area contributed by atoms with Gasteiger partial charge in [-0.25, -0.2) is 4.98 Å². The number of carbonyl (C=O) groups is 1. The Labute approximate surface area is 179 Å². The summed E-state index contributed by atoms with van der Waals surface area (Å²) in [5, 5.41) is 15.8. The van der Waals surface area contributed by atoms with Crippen molar-refractivity contribution in [3.63, 3.8) is 0 Å². The van der Waals surface area contributed by atoms with Gasteiger partial charge in [0.1, 0.15) is 5.75 Å². The van der Waals surface area contributed by atoms with Crippen molar-refractivity contribution in [1.82, 2.24) is 4.98 Å². The number of nitro benzene ring substituents is 1. The number of anilines is 1. The van der Waals surface area contributed by atoms with Crippen LogP contribution >= 0.6 is 27.3 Å². The first-order valence-electron chi connectivity index (χ1n) is 8.58. The molecular weight excluding hydrogens is 458 g/mol. The lowest BCUT2D eigenvalue weighted by atomic mass is 10.1. The Morgan fingerprint density at radius 3 is 2.93 bits per heavy atom. The molecule has 0 radical (unpaired) electrons. The predicted molar refractivity (Wildman–Crippen MR) is 117 cm³/mol. The summed E-state index contributed by atoms with van der Waals surface area (Å²) in [6.45, 7) is 2.41. The second-order valence-corrected chi connectivity index (χ2v) is 7.56. The fraction of sp³-hybridized carbons (Fsp3) is 0.100. The molecule has 0 aliphatic carbocycles. The lowest BCUT2D eigenvalue weighted by Gasteiger charge is -2.07. The molecule has 0 fully saturated rings. The molecule has 2 aromatic carbocycles. The van der Waals surface area contributed by atoms with Gasteiger partial charge in [-0.2, -0.15) is 0 Å². The summed E-state index contributed by atoms with van der Waals surface area (Å²) >= 11 is 4.65. The Morgan fingerprint density at radius 2 is 2.17 bits per heavy atom. The van der Waals surface area contributed by atoms with Crippen molar-refractivity contribution in [2.75, 3.05) is 11.9 Å². The number of nitro groups is 1. The van der Waals surface area contributed by atoms with E-state index in [1.54, 1.807) is 23.6 Å². The molecule has 0 aliphatic rings. The van der Waals surface area contributed by atoms with Crippen molar-refractivity contribution in [1.29, 1.82) is 0 Å². The van der Waals surface area contributed by atoms with Crippen LogP contribution in [-0.2, 0) is 4.79 Å². The normalized spacial score (nSPS) is 10.8. The van der Waals surface area contributed by atoms with Crippen LogP contribution in [0, 0.1) is 10.1 Å². The molecule has 1 heterocycles. The van der Waals surface area contributed by atoms with Gasteiger partial charge in [-0.15, -0.1) is 11.3 Å². The van der Waals surface area contributed by atoms with Gasteiger partial charge in [0.05, 0.1) is 17.2 Å². The van der Waals surface area contributed by atoms with Crippen LogP contribution in [0.25, 0.3) is 17.3 Å². The second-order valence-electron chi connectivity index (χ2n) is 5.78. The van der Waals surface area contributed by atoms with Crippen LogP contribution in [0.15, 0.2) is 58.4 Å². The first kappa shape index (κ1) is 20.7. The summed E-state index contributed by atoms with van der Waals surface area (Å²) in [4.78, 5) is 27.1. The van der Waals surface area contributed by atoms with Gasteiger partial charge in [0.2, 0.25) is 5.91 Å². The Bertz CT molecular complexity index is 1080. The Hall–Kier alpha value is -3.04. The summed E-state index contributed by atoms with van der Waals surface area (Å²) in [6.07, 6.45) is 3.07. The number of nitrogens with zero attached hydrogens (tertiary/aromatic N) is 2. The number of nitrogens with one attached hydrogen (secondary N) is 1. The average Bonchev–Trinajstić information content (AvgIpc) is 3.17. The van der Waals surface area contributed by atoms with Crippen LogP contribution in [-0.4, -0.2) is 22.4 Å². The van der Waals surface area contributed by atoms with E-state index in [0.29, 0.717) is 28.7 Å². The Morgan fingerprint density at radius 1 is 1.34 bits per heavy atom. The molecule has 7 nitrogen and oxygen atoms in total. The van der Waals surface area contributed by atoms with E-state index >= 15 is 0 Å². The molecule has 1 aromatic heterocycles. The summed E-state index contributed by atoms with van der Waals surface area (Å²) in [6, 6.07) is 11.8. The smallest absolute Gasteiger partial charge is 0.270 e. The standard InChI is InChI=1S/C20H16BrN3O4S/c1-2-28-18-8-7-15(21)10-14(18)6-9-19(25)23-20-22-17(12-29-20)13-4-3-5-16(11-13)24(26)27/h3-12H,2H2,1H3,(H,22,23,25)/b9-6+. The molecule has 0 atom stereocenters. The van der Waals surface area contributed by atoms with Crippen molar-refractivity contribution < 1.29 is 14.5 Å². The zero-order chi connectivity index (χ0) is 20.8. The van der Waals surface area contributed by atoms with Gasteiger partial charge in [0.15, 0.2) is 5.13 Å². The van der Waals surface area contributed by atoms with E-state index in [4.69, 9.17) is 4.74 Å². The van der Waals surface area contributed by atoms with Gasteiger partial charge in [0.25, 0.3) is 5.69 Å². The van der Waals surface area contributed by atoms with Crippen LogP contribution in [0.3, 0.4) is 0 Å². The number of aromatic nitrogens is 1. The molecule has 0 aliphatic heterocycles. The summed E-state index contributed by atoms with van der Waals surface area (Å²) in [7, 11) is 0. The van der Waals surface area contributed by atoms with Crippen molar-refractivity contribution in [2.45, 2.75) is 6.92 Å². The molecule has 9 heteroatoms. The minimum Gasteiger partial charge on any atom is -0.493 e. The van der Waals surface area contributed by atoms with Crippen LogP contribution < -0.4 is 10.1 Å². The second kappa shape index (κ2) is 9.44. The molecule has 3 rings (SSSR count). The summed E-state index contributed by atoms with van der Waals surface area (Å²) in [5.41, 5.74) is 1.93. The van der Waals surface area contributed by atoms with E-state index in [1.165, 1.54) is 29.5 Å². The van der Waals surface area contributed by atoms with E-state index in [2.05, 4.69) is 26.2 Å². The SMILES string of the molecule is CCOc1ccc(Br)cc1/C=C/C(=O)Nc1nc(-c2cccc([N+](=O)[O-])c2)cs1. The quantitative estimate of drug-likeness (QED) is 0.276. The molecule has 1 amide bonds.